The molecule has 128 valence electrons. The minimum atomic E-state index is 1.01. The van der Waals surface area contributed by atoms with Crippen molar-refractivity contribution in [2.75, 3.05) is 19.6 Å². The van der Waals surface area contributed by atoms with E-state index in [1.54, 1.807) is 0 Å². The quantitative estimate of drug-likeness (QED) is 0.268. The highest BCUT2D eigenvalue weighted by Crippen LogP contribution is 2.09. The van der Waals surface area contributed by atoms with Crippen molar-refractivity contribution in [2.24, 2.45) is 4.99 Å². The van der Waals surface area contributed by atoms with Crippen molar-refractivity contribution in [3.05, 3.63) is 12.2 Å². The van der Waals surface area contributed by atoms with E-state index in [1.165, 1.54) is 90.0 Å². The van der Waals surface area contributed by atoms with E-state index in [-0.39, 0.29) is 0 Å². The standard InChI is InChI=1S/C20H38N2/c1-2-3-4-5-6-7-8-9-10-11-12-13-14-15-16-18-22-19-17-21-20-22/h8-9,20H,2-7,10-19H2,1H3. The van der Waals surface area contributed by atoms with Gasteiger partial charge in [0, 0.05) is 13.1 Å². The van der Waals surface area contributed by atoms with Gasteiger partial charge in [-0.3, -0.25) is 4.99 Å². The Balaban J connectivity index is 1.71. The Morgan fingerprint density at radius 2 is 1.41 bits per heavy atom. The third kappa shape index (κ3) is 11.8. The van der Waals surface area contributed by atoms with Gasteiger partial charge in [0.15, 0.2) is 0 Å². The monoisotopic (exact) mass is 306 g/mol. The lowest BCUT2D eigenvalue weighted by atomic mass is 10.1. The Hall–Kier alpha value is -0.790. The molecule has 1 aliphatic rings. The summed E-state index contributed by atoms with van der Waals surface area (Å²) in [6.07, 6.45) is 24.8. The molecule has 0 unspecified atom stereocenters. The van der Waals surface area contributed by atoms with Crippen LogP contribution in [0.25, 0.3) is 0 Å². The zero-order valence-corrected chi connectivity index (χ0v) is 14.9. The highest BCUT2D eigenvalue weighted by Gasteiger charge is 2.03. The van der Waals surface area contributed by atoms with Gasteiger partial charge in [0.1, 0.15) is 0 Å². The average molecular weight is 307 g/mol. The van der Waals surface area contributed by atoms with Crippen LogP contribution in [-0.2, 0) is 0 Å². The molecule has 0 aliphatic carbocycles. The molecule has 0 spiro atoms. The summed E-state index contributed by atoms with van der Waals surface area (Å²) >= 11 is 0. The highest BCUT2D eigenvalue weighted by atomic mass is 15.2. The lowest BCUT2D eigenvalue weighted by Crippen LogP contribution is -2.20. The molecule has 1 aliphatic heterocycles. The fourth-order valence-electron chi connectivity index (χ4n) is 2.97. The van der Waals surface area contributed by atoms with Crippen molar-refractivity contribution in [2.45, 2.75) is 90.4 Å². The van der Waals surface area contributed by atoms with Gasteiger partial charge in [0.2, 0.25) is 0 Å². The summed E-state index contributed by atoms with van der Waals surface area (Å²) in [7, 11) is 0. The lowest BCUT2D eigenvalue weighted by molar-refractivity contribution is 0.439. The molecular weight excluding hydrogens is 268 g/mol. The van der Waals surface area contributed by atoms with E-state index in [0.29, 0.717) is 0 Å². The number of allylic oxidation sites excluding steroid dienone is 2. The maximum absolute atomic E-state index is 4.25. The van der Waals surface area contributed by atoms with Gasteiger partial charge in [-0.05, 0) is 32.1 Å². The number of aliphatic imine (C=N–C) groups is 1. The van der Waals surface area contributed by atoms with Crippen LogP contribution in [0.3, 0.4) is 0 Å². The average Bonchev–Trinajstić information content (AvgIpc) is 3.04. The number of hydrogen-bond donors (Lipinski definition) is 0. The molecule has 0 bridgehead atoms. The zero-order valence-electron chi connectivity index (χ0n) is 14.9. The molecule has 0 N–H and O–H groups in total. The minimum absolute atomic E-state index is 1.01. The maximum Gasteiger partial charge on any atom is 0.0851 e. The summed E-state index contributed by atoms with van der Waals surface area (Å²) in [4.78, 5) is 6.60. The first kappa shape index (κ1) is 19.3. The van der Waals surface area contributed by atoms with Crippen LogP contribution in [0, 0.1) is 0 Å². The summed E-state index contributed by atoms with van der Waals surface area (Å²) in [5.74, 6) is 0. The predicted molar refractivity (Wildman–Crippen MR) is 99.8 cm³/mol. The summed E-state index contributed by atoms with van der Waals surface area (Å²) in [5, 5.41) is 0. The molecule has 0 fully saturated rings. The van der Waals surface area contributed by atoms with Gasteiger partial charge >= 0.3 is 0 Å². The van der Waals surface area contributed by atoms with Crippen LogP contribution in [-0.4, -0.2) is 30.9 Å². The smallest absolute Gasteiger partial charge is 0.0851 e. The topological polar surface area (TPSA) is 15.6 Å². The van der Waals surface area contributed by atoms with Gasteiger partial charge in [0.25, 0.3) is 0 Å². The molecule has 0 aromatic rings. The van der Waals surface area contributed by atoms with Gasteiger partial charge in [-0.1, -0.05) is 70.4 Å². The summed E-state index contributed by atoms with van der Waals surface area (Å²) in [5.41, 5.74) is 0. The molecule has 2 heteroatoms. The van der Waals surface area contributed by atoms with Crippen molar-refractivity contribution in [1.82, 2.24) is 4.90 Å². The first-order chi connectivity index (χ1) is 10.9. The van der Waals surface area contributed by atoms with Crippen LogP contribution in [0.2, 0.25) is 0 Å². The second-order valence-corrected chi connectivity index (χ2v) is 6.64. The zero-order chi connectivity index (χ0) is 15.7. The minimum Gasteiger partial charge on any atom is -0.361 e. The number of nitrogens with zero attached hydrogens (tertiary/aromatic N) is 2. The SMILES string of the molecule is CCCCCCCC=CCCCCCCCCN1C=NCC1. The maximum atomic E-state index is 4.25. The van der Waals surface area contributed by atoms with Crippen LogP contribution in [0.1, 0.15) is 90.4 Å². The Bertz CT molecular complexity index is 283. The molecule has 1 heterocycles. The molecule has 0 radical (unpaired) electrons. The molecule has 22 heavy (non-hydrogen) atoms. The van der Waals surface area contributed by atoms with E-state index in [0.717, 1.165) is 13.1 Å². The first-order valence-corrected chi connectivity index (χ1v) is 9.82. The second-order valence-electron chi connectivity index (χ2n) is 6.64. The third-order valence-corrected chi connectivity index (χ3v) is 4.47. The van der Waals surface area contributed by atoms with Gasteiger partial charge in [-0.2, -0.15) is 0 Å². The van der Waals surface area contributed by atoms with E-state index in [1.807, 2.05) is 6.34 Å². The van der Waals surface area contributed by atoms with Crippen LogP contribution >= 0.6 is 0 Å². The summed E-state index contributed by atoms with van der Waals surface area (Å²) in [6.45, 7) is 5.64. The van der Waals surface area contributed by atoms with Crippen molar-refractivity contribution >= 4 is 6.34 Å². The Morgan fingerprint density at radius 1 is 0.818 bits per heavy atom. The largest absolute Gasteiger partial charge is 0.361 e. The molecule has 1 rings (SSSR count). The predicted octanol–water partition coefficient (Wildman–Crippen LogP) is 5.98. The molecule has 0 aromatic heterocycles. The molecule has 0 atom stereocenters. The number of rotatable bonds is 15. The molecule has 0 saturated heterocycles. The van der Waals surface area contributed by atoms with E-state index in [2.05, 4.69) is 29.0 Å². The third-order valence-electron chi connectivity index (χ3n) is 4.47. The van der Waals surface area contributed by atoms with Gasteiger partial charge in [0.05, 0.1) is 12.9 Å². The van der Waals surface area contributed by atoms with Crippen molar-refractivity contribution in [1.29, 1.82) is 0 Å². The molecule has 0 aromatic carbocycles. The number of unbranched alkanes of at least 4 members (excludes halogenated alkanes) is 11. The van der Waals surface area contributed by atoms with Crippen LogP contribution in [0.15, 0.2) is 17.1 Å². The summed E-state index contributed by atoms with van der Waals surface area (Å²) < 4.78 is 0. The van der Waals surface area contributed by atoms with E-state index in [4.69, 9.17) is 0 Å². The molecule has 2 nitrogen and oxygen atoms in total. The lowest BCUT2D eigenvalue weighted by Gasteiger charge is -2.12. The van der Waals surface area contributed by atoms with Crippen molar-refractivity contribution < 1.29 is 0 Å². The first-order valence-electron chi connectivity index (χ1n) is 9.82. The fraction of sp³-hybridized carbons (Fsp3) is 0.850. The van der Waals surface area contributed by atoms with Crippen LogP contribution < -0.4 is 0 Å². The Morgan fingerprint density at radius 3 is 2.00 bits per heavy atom. The molecule has 0 saturated carbocycles. The van der Waals surface area contributed by atoms with Crippen molar-refractivity contribution in [3.8, 4) is 0 Å². The number of hydrogen-bond acceptors (Lipinski definition) is 2. The Labute approximate surface area is 139 Å². The Kier molecular flexibility index (Phi) is 13.2. The fourth-order valence-corrected chi connectivity index (χ4v) is 2.97. The molecular formula is C20H38N2. The van der Waals surface area contributed by atoms with Gasteiger partial charge in [-0.15, -0.1) is 0 Å². The highest BCUT2D eigenvalue weighted by molar-refractivity contribution is 5.56. The van der Waals surface area contributed by atoms with E-state index >= 15 is 0 Å². The second kappa shape index (κ2) is 15.1. The van der Waals surface area contributed by atoms with E-state index in [9.17, 15) is 0 Å². The van der Waals surface area contributed by atoms with Crippen LogP contribution in [0.5, 0.6) is 0 Å². The van der Waals surface area contributed by atoms with Gasteiger partial charge in [-0.25, -0.2) is 0 Å². The van der Waals surface area contributed by atoms with E-state index < -0.39 is 0 Å². The summed E-state index contributed by atoms with van der Waals surface area (Å²) in [6, 6.07) is 0. The van der Waals surface area contributed by atoms with Crippen LogP contribution in [0.4, 0.5) is 0 Å². The normalized spacial score (nSPS) is 14.5. The van der Waals surface area contributed by atoms with Crippen molar-refractivity contribution in [3.63, 3.8) is 0 Å². The molecule has 0 amide bonds. The van der Waals surface area contributed by atoms with Gasteiger partial charge < -0.3 is 4.90 Å².